The summed E-state index contributed by atoms with van der Waals surface area (Å²) >= 11 is 1.63. The molecular weight excluding hydrogens is 310 g/mol. The number of thiophene rings is 1. The van der Waals surface area contributed by atoms with Crippen LogP contribution in [0.4, 0.5) is 0 Å². The summed E-state index contributed by atoms with van der Waals surface area (Å²) in [4.78, 5) is 7.96. The Hall–Kier alpha value is -1.99. The molecule has 3 aromatic rings. The minimum Gasteiger partial charge on any atom is -0.339 e. The van der Waals surface area contributed by atoms with E-state index in [0.29, 0.717) is 11.9 Å². The molecule has 1 fully saturated rings. The maximum Gasteiger partial charge on any atom is 0.227 e. The van der Waals surface area contributed by atoms with Gasteiger partial charge in [0.15, 0.2) is 0 Å². The lowest BCUT2D eigenvalue weighted by molar-refractivity contribution is 0.0967. The molecule has 23 heavy (non-hydrogen) atoms. The number of aromatic nitrogens is 4. The highest BCUT2D eigenvalue weighted by atomic mass is 32.1. The largest absolute Gasteiger partial charge is 0.339 e. The Morgan fingerprint density at radius 1 is 1.39 bits per heavy atom. The van der Waals surface area contributed by atoms with Gasteiger partial charge in [-0.25, -0.2) is 0 Å². The fourth-order valence-corrected chi connectivity index (χ4v) is 3.49. The van der Waals surface area contributed by atoms with E-state index >= 15 is 0 Å². The van der Waals surface area contributed by atoms with Crippen LogP contribution in [0.3, 0.4) is 0 Å². The normalized spacial score (nSPS) is 15.9. The number of nitrogens with zero attached hydrogens (tertiary/aromatic N) is 5. The molecule has 1 saturated heterocycles. The van der Waals surface area contributed by atoms with Crippen molar-refractivity contribution in [2.45, 2.75) is 25.8 Å². The molecule has 0 bridgehead atoms. The Bertz CT molecular complexity index is 757. The molecule has 0 saturated carbocycles. The lowest BCUT2D eigenvalue weighted by Gasteiger charge is -2.39. The molecule has 0 aromatic carbocycles. The SMILES string of the molecule is Cc1cnn(C2CN(CCCc3nc(-c4cccs4)no3)C2)c1. The van der Waals surface area contributed by atoms with Crippen LogP contribution in [0.2, 0.25) is 0 Å². The maximum absolute atomic E-state index is 5.33. The van der Waals surface area contributed by atoms with Gasteiger partial charge in [-0.05, 0) is 36.9 Å². The lowest BCUT2D eigenvalue weighted by Crippen LogP contribution is -2.48. The average molecular weight is 329 g/mol. The molecule has 0 unspecified atom stereocenters. The first-order valence-electron chi connectivity index (χ1n) is 7.87. The van der Waals surface area contributed by atoms with Crippen LogP contribution < -0.4 is 0 Å². The number of rotatable bonds is 6. The summed E-state index contributed by atoms with van der Waals surface area (Å²) in [6, 6.07) is 4.53. The first-order valence-corrected chi connectivity index (χ1v) is 8.75. The lowest BCUT2D eigenvalue weighted by atomic mass is 10.1. The van der Waals surface area contributed by atoms with Crippen molar-refractivity contribution in [1.82, 2.24) is 24.8 Å². The van der Waals surface area contributed by atoms with Gasteiger partial charge in [0.1, 0.15) is 0 Å². The van der Waals surface area contributed by atoms with E-state index in [2.05, 4.69) is 37.9 Å². The zero-order valence-electron chi connectivity index (χ0n) is 13.1. The van der Waals surface area contributed by atoms with E-state index in [-0.39, 0.29) is 0 Å². The molecule has 1 aliphatic heterocycles. The number of aryl methyl sites for hydroxylation is 2. The minimum atomic E-state index is 0.525. The molecule has 0 radical (unpaired) electrons. The molecule has 0 N–H and O–H groups in total. The van der Waals surface area contributed by atoms with Crippen LogP contribution in [-0.2, 0) is 6.42 Å². The second kappa shape index (κ2) is 6.25. The predicted molar refractivity (Wildman–Crippen MR) is 88.4 cm³/mol. The second-order valence-corrected chi connectivity index (χ2v) is 6.95. The monoisotopic (exact) mass is 329 g/mol. The molecule has 3 aromatic heterocycles. The molecule has 4 rings (SSSR count). The molecule has 4 heterocycles. The third-order valence-electron chi connectivity index (χ3n) is 4.12. The van der Waals surface area contributed by atoms with Crippen molar-refractivity contribution in [3.8, 4) is 10.7 Å². The smallest absolute Gasteiger partial charge is 0.227 e. The maximum atomic E-state index is 5.33. The average Bonchev–Trinajstić information content (AvgIpc) is 3.22. The molecule has 0 spiro atoms. The third kappa shape index (κ3) is 3.20. The van der Waals surface area contributed by atoms with Gasteiger partial charge in [0.2, 0.25) is 11.7 Å². The summed E-state index contributed by atoms with van der Waals surface area (Å²) in [5.74, 6) is 1.43. The van der Waals surface area contributed by atoms with Gasteiger partial charge in [0.05, 0.1) is 17.1 Å². The molecule has 1 aliphatic rings. The molecule has 0 amide bonds. The van der Waals surface area contributed by atoms with E-state index in [1.165, 1.54) is 5.56 Å². The van der Waals surface area contributed by atoms with Gasteiger partial charge in [-0.2, -0.15) is 10.1 Å². The van der Waals surface area contributed by atoms with Gasteiger partial charge < -0.3 is 4.52 Å². The van der Waals surface area contributed by atoms with Crippen LogP contribution in [0.25, 0.3) is 10.7 Å². The van der Waals surface area contributed by atoms with Crippen molar-refractivity contribution in [3.05, 3.63) is 41.4 Å². The van der Waals surface area contributed by atoms with Crippen molar-refractivity contribution < 1.29 is 4.52 Å². The summed E-state index contributed by atoms with van der Waals surface area (Å²) in [5, 5.41) is 10.4. The van der Waals surface area contributed by atoms with Gasteiger partial charge >= 0.3 is 0 Å². The van der Waals surface area contributed by atoms with Gasteiger partial charge in [-0.1, -0.05) is 11.2 Å². The fraction of sp³-hybridized carbons (Fsp3) is 0.438. The van der Waals surface area contributed by atoms with Crippen molar-refractivity contribution in [2.75, 3.05) is 19.6 Å². The van der Waals surface area contributed by atoms with E-state index in [1.807, 2.05) is 23.7 Å². The van der Waals surface area contributed by atoms with Crippen molar-refractivity contribution in [2.24, 2.45) is 0 Å². The quantitative estimate of drug-likeness (QED) is 0.696. The number of likely N-dealkylation sites (tertiary alicyclic amines) is 1. The first-order chi connectivity index (χ1) is 11.3. The summed E-state index contributed by atoms with van der Waals surface area (Å²) < 4.78 is 7.41. The van der Waals surface area contributed by atoms with Crippen LogP contribution in [-0.4, -0.2) is 44.5 Å². The fourth-order valence-electron chi connectivity index (χ4n) is 2.84. The van der Waals surface area contributed by atoms with Crippen LogP contribution in [0, 0.1) is 6.92 Å². The molecule has 0 atom stereocenters. The van der Waals surface area contributed by atoms with Gasteiger partial charge in [-0.3, -0.25) is 9.58 Å². The summed E-state index contributed by atoms with van der Waals surface area (Å²) in [7, 11) is 0. The summed E-state index contributed by atoms with van der Waals surface area (Å²) in [6.07, 6.45) is 5.91. The van der Waals surface area contributed by atoms with Crippen molar-refractivity contribution in [3.63, 3.8) is 0 Å². The van der Waals surface area contributed by atoms with E-state index in [0.717, 1.165) is 43.2 Å². The number of hydrogen-bond acceptors (Lipinski definition) is 6. The Kier molecular flexibility index (Phi) is 3.97. The Morgan fingerprint density at radius 2 is 2.30 bits per heavy atom. The second-order valence-electron chi connectivity index (χ2n) is 6.00. The Labute approximate surface area is 138 Å². The van der Waals surface area contributed by atoms with Crippen LogP contribution >= 0.6 is 11.3 Å². The Balaban J connectivity index is 1.21. The summed E-state index contributed by atoms with van der Waals surface area (Å²) in [5.41, 5.74) is 1.22. The van der Waals surface area contributed by atoms with Gasteiger partial charge in [-0.15, -0.1) is 11.3 Å². The van der Waals surface area contributed by atoms with E-state index in [1.54, 1.807) is 11.3 Å². The molecule has 6 nitrogen and oxygen atoms in total. The first kappa shape index (κ1) is 14.6. The zero-order valence-corrected chi connectivity index (χ0v) is 13.9. The molecular formula is C16H19N5OS. The summed E-state index contributed by atoms with van der Waals surface area (Å²) in [6.45, 7) is 5.29. The highest BCUT2D eigenvalue weighted by Crippen LogP contribution is 2.23. The highest BCUT2D eigenvalue weighted by molar-refractivity contribution is 7.13. The molecule has 7 heteroatoms. The van der Waals surface area contributed by atoms with Gasteiger partial charge in [0, 0.05) is 25.7 Å². The molecule has 0 aliphatic carbocycles. The number of hydrogen-bond donors (Lipinski definition) is 0. The van der Waals surface area contributed by atoms with Crippen molar-refractivity contribution >= 4 is 11.3 Å². The Morgan fingerprint density at radius 3 is 3.04 bits per heavy atom. The third-order valence-corrected chi connectivity index (χ3v) is 4.98. The van der Waals surface area contributed by atoms with Crippen LogP contribution in [0.5, 0.6) is 0 Å². The highest BCUT2D eigenvalue weighted by Gasteiger charge is 2.28. The topological polar surface area (TPSA) is 60.0 Å². The minimum absolute atomic E-state index is 0.525. The standard InChI is InChI=1S/C16H19N5OS/c1-12-8-17-21(9-12)13-10-20(11-13)6-2-5-15-18-16(19-22-15)14-4-3-7-23-14/h3-4,7-9,13H,2,5-6,10-11H2,1H3. The molecule has 120 valence electrons. The zero-order chi connectivity index (χ0) is 15.6. The van der Waals surface area contributed by atoms with Crippen molar-refractivity contribution in [1.29, 1.82) is 0 Å². The van der Waals surface area contributed by atoms with E-state index in [4.69, 9.17) is 4.52 Å². The van der Waals surface area contributed by atoms with E-state index < -0.39 is 0 Å². The predicted octanol–water partition coefficient (Wildman–Crippen LogP) is 2.79. The van der Waals surface area contributed by atoms with Crippen LogP contribution in [0.1, 0.15) is 23.9 Å². The van der Waals surface area contributed by atoms with Gasteiger partial charge in [0.25, 0.3) is 0 Å². The van der Waals surface area contributed by atoms with E-state index in [9.17, 15) is 0 Å². The van der Waals surface area contributed by atoms with Crippen LogP contribution in [0.15, 0.2) is 34.4 Å².